The standard InChI is InChI=1S/C24H22F4N2O4S/c25-19-8-6-18(7-9-19)23(17-4-2-1-3-5-17)22-16-30(14-15-33-22)35(31,32)29-20-10-12-21(13-11-20)34-24(26,27)28/h1-13,22-23,29H,14-16H2. The van der Waals surface area contributed by atoms with Gasteiger partial charge in [0.1, 0.15) is 11.6 Å². The van der Waals surface area contributed by atoms with Crippen LogP contribution in [0.4, 0.5) is 23.2 Å². The van der Waals surface area contributed by atoms with E-state index in [1.54, 1.807) is 12.1 Å². The molecule has 1 fully saturated rings. The van der Waals surface area contributed by atoms with E-state index in [1.165, 1.54) is 28.6 Å². The maximum Gasteiger partial charge on any atom is 0.573 e. The number of halogens is 4. The van der Waals surface area contributed by atoms with Crippen molar-refractivity contribution >= 4 is 15.9 Å². The fourth-order valence-corrected chi connectivity index (χ4v) is 5.18. The lowest BCUT2D eigenvalue weighted by atomic mass is 9.86. The maximum atomic E-state index is 13.5. The molecule has 2 atom stereocenters. The number of anilines is 1. The molecule has 3 aromatic carbocycles. The SMILES string of the molecule is O=S(=O)(Nc1ccc(OC(F)(F)F)cc1)N1CCOC(C(c2ccccc2)c2ccc(F)cc2)C1. The fraction of sp³-hybridized carbons (Fsp3) is 0.250. The molecule has 1 N–H and O–H groups in total. The number of nitrogens with one attached hydrogen (secondary N) is 1. The first-order valence-corrected chi connectivity index (χ1v) is 12.1. The molecule has 1 heterocycles. The normalized spacial score (nSPS) is 18.1. The van der Waals surface area contributed by atoms with Crippen molar-refractivity contribution in [3.05, 3.63) is 95.8 Å². The van der Waals surface area contributed by atoms with Crippen LogP contribution in [0.3, 0.4) is 0 Å². The lowest BCUT2D eigenvalue weighted by Crippen LogP contribution is -2.49. The second-order valence-corrected chi connectivity index (χ2v) is 9.56. The van der Waals surface area contributed by atoms with Crippen molar-refractivity contribution < 1.29 is 35.5 Å². The fourth-order valence-electron chi connectivity index (χ4n) is 3.96. The van der Waals surface area contributed by atoms with E-state index in [4.69, 9.17) is 4.74 Å². The van der Waals surface area contributed by atoms with E-state index in [-0.39, 0.29) is 37.1 Å². The van der Waals surface area contributed by atoms with Crippen molar-refractivity contribution in [3.8, 4) is 5.75 Å². The van der Waals surface area contributed by atoms with Crippen molar-refractivity contribution in [2.75, 3.05) is 24.4 Å². The second-order valence-electron chi connectivity index (χ2n) is 7.89. The van der Waals surface area contributed by atoms with Crippen LogP contribution in [0.1, 0.15) is 17.0 Å². The lowest BCUT2D eigenvalue weighted by molar-refractivity contribution is -0.274. The van der Waals surface area contributed by atoms with Gasteiger partial charge in [-0.3, -0.25) is 4.72 Å². The predicted octanol–water partition coefficient (Wildman–Crippen LogP) is 4.91. The molecule has 0 amide bonds. The predicted molar refractivity (Wildman–Crippen MR) is 122 cm³/mol. The summed E-state index contributed by atoms with van der Waals surface area (Å²) in [6, 6.07) is 19.8. The van der Waals surface area contributed by atoms with Gasteiger partial charge in [0.25, 0.3) is 0 Å². The first-order chi connectivity index (χ1) is 16.6. The molecular formula is C24H22F4N2O4S. The minimum Gasteiger partial charge on any atom is -0.406 e. The molecule has 0 saturated carbocycles. The minimum absolute atomic E-state index is 0.0154. The molecule has 1 aliphatic heterocycles. The van der Waals surface area contributed by atoms with Crippen LogP contribution in [-0.4, -0.2) is 44.9 Å². The van der Waals surface area contributed by atoms with Gasteiger partial charge in [0.15, 0.2) is 0 Å². The first kappa shape index (κ1) is 25.0. The van der Waals surface area contributed by atoms with Crippen LogP contribution in [0, 0.1) is 5.82 Å². The summed E-state index contributed by atoms with van der Waals surface area (Å²) in [6.45, 7) is 0.238. The molecule has 2 unspecified atom stereocenters. The second kappa shape index (κ2) is 10.2. The van der Waals surface area contributed by atoms with Gasteiger partial charge < -0.3 is 9.47 Å². The Hall–Kier alpha value is -3.15. The van der Waals surface area contributed by atoms with Gasteiger partial charge >= 0.3 is 16.6 Å². The van der Waals surface area contributed by atoms with Gasteiger partial charge in [0.2, 0.25) is 0 Å². The van der Waals surface area contributed by atoms with E-state index >= 15 is 0 Å². The Morgan fingerprint density at radius 2 is 1.57 bits per heavy atom. The highest BCUT2D eigenvalue weighted by Crippen LogP contribution is 2.33. The summed E-state index contributed by atoms with van der Waals surface area (Å²) in [5, 5.41) is 0. The van der Waals surface area contributed by atoms with Crippen LogP contribution in [0.25, 0.3) is 0 Å². The Bertz CT molecular complexity index is 1220. The third-order valence-electron chi connectivity index (χ3n) is 5.49. The average Bonchev–Trinajstić information content (AvgIpc) is 2.82. The molecule has 0 bridgehead atoms. The van der Waals surface area contributed by atoms with Gasteiger partial charge in [-0.15, -0.1) is 13.2 Å². The van der Waals surface area contributed by atoms with E-state index in [0.29, 0.717) is 0 Å². The van der Waals surface area contributed by atoms with Gasteiger partial charge in [0, 0.05) is 19.0 Å². The zero-order chi connectivity index (χ0) is 25.1. The Morgan fingerprint density at radius 3 is 2.20 bits per heavy atom. The molecule has 11 heteroatoms. The molecule has 0 aromatic heterocycles. The van der Waals surface area contributed by atoms with Crippen molar-refractivity contribution in [2.45, 2.75) is 18.4 Å². The smallest absolute Gasteiger partial charge is 0.406 e. The highest BCUT2D eigenvalue weighted by atomic mass is 32.2. The van der Waals surface area contributed by atoms with Gasteiger partial charge in [-0.05, 0) is 47.5 Å². The summed E-state index contributed by atoms with van der Waals surface area (Å²) in [4.78, 5) is 0. The number of nitrogens with zero attached hydrogens (tertiary/aromatic N) is 1. The first-order valence-electron chi connectivity index (χ1n) is 10.7. The molecule has 1 aliphatic rings. The van der Waals surface area contributed by atoms with Gasteiger partial charge in [0.05, 0.1) is 18.4 Å². The molecule has 3 aromatic rings. The molecule has 4 rings (SSSR count). The molecule has 0 radical (unpaired) electrons. The van der Waals surface area contributed by atoms with Crippen LogP contribution in [-0.2, 0) is 14.9 Å². The van der Waals surface area contributed by atoms with E-state index in [1.807, 2.05) is 30.3 Å². The molecule has 0 aliphatic carbocycles. The molecule has 1 saturated heterocycles. The van der Waals surface area contributed by atoms with E-state index in [9.17, 15) is 26.0 Å². The highest BCUT2D eigenvalue weighted by Gasteiger charge is 2.35. The van der Waals surface area contributed by atoms with Gasteiger partial charge in [-0.1, -0.05) is 42.5 Å². The zero-order valence-electron chi connectivity index (χ0n) is 18.3. The number of benzene rings is 3. The molecule has 6 nitrogen and oxygen atoms in total. The van der Waals surface area contributed by atoms with E-state index in [0.717, 1.165) is 23.3 Å². The number of rotatable bonds is 7. The van der Waals surface area contributed by atoms with Crippen LogP contribution in [0.5, 0.6) is 5.75 Å². The van der Waals surface area contributed by atoms with Gasteiger partial charge in [-0.25, -0.2) is 4.39 Å². The van der Waals surface area contributed by atoms with Crippen LogP contribution < -0.4 is 9.46 Å². The van der Waals surface area contributed by atoms with E-state index < -0.39 is 28.4 Å². The Balaban J connectivity index is 1.53. The molecule has 0 spiro atoms. The Labute approximate surface area is 200 Å². The van der Waals surface area contributed by atoms with E-state index in [2.05, 4.69) is 9.46 Å². The topological polar surface area (TPSA) is 67.9 Å². The number of alkyl halides is 3. The van der Waals surface area contributed by atoms with Crippen molar-refractivity contribution in [3.63, 3.8) is 0 Å². The van der Waals surface area contributed by atoms with Crippen molar-refractivity contribution in [1.82, 2.24) is 4.31 Å². The number of hydrogen-bond donors (Lipinski definition) is 1. The minimum atomic E-state index is -4.84. The van der Waals surface area contributed by atoms with Gasteiger partial charge in [-0.2, -0.15) is 12.7 Å². The lowest BCUT2D eigenvalue weighted by Gasteiger charge is -2.36. The van der Waals surface area contributed by atoms with Crippen LogP contribution in [0.15, 0.2) is 78.9 Å². The summed E-state index contributed by atoms with van der Waals surface area (Å²) >= 11 is 0. The third kappa shape index (κ3) is 6.50. The largest absolute Gasteiger partial charge is 0.573 e. The van der Waals surface area contributed by atoms with Crippen molar-refractivity contribution in [1.29, 1.82) is 0 Å². The summed E-state index contributed by atoms with van der Waals surface area (Å²) in [5.41, 5.74) is 1.74. The molecular weight excluding hydrogens is 488 g/mol. The quantitative estimate of drug-likeness (QED) is 0.459. The van der Waals surface area contributed by atoms with Crippen LogP contribution >= 0.6 is 0 Å². The van der Waals surface area contributed by atoms with Crippen molar-refractivity contribution in [2.24, 2.45) is 0 Å². The Morgan fingerprint density at radius 1 is 0.943 bits per heavy atom. The maximum absolute atomic E-state index is 13.5. The summed E-state index contributed by atoms with van der Waals surface area (Å²) in [5.74, 6) is -1.20. The zero-order valence-corrected chi connectivity index (χ0v) is 19.1. The average molecular weight is 511 g/mol. The number of hydrogen-bond acceptors (Lipinski definition) is 4. The molecule has 35 heavy (non-hydrogen) atoms. The Kier molecular flexibility index (Phi) is 7.29. The van der Waals surface area contributed by atoms with Crippen LogP contribution in [0.2, 0.25) is 0 Å². The summed E-state index contributed by atoms with van der Waals surface area (Å²) < 4.78 is 90.1. The highest BCUT2D eigenvalue weighted by molar-refractivity contribution is 7.90. The summed E-state index contributed by atoms with van der Waals surface area (Å²) in [6.07, 6.45) is -5.40. The number of ether oxygens (including phenoxy) is 2. The summed E-state index contributed by atoms with van der Waals surface area (Å²) in [7, 11) is -4.04. The molecule has 186 valence electrons. The monoisotopic (exact) mass is 510 g/mol. The number of morpholine rings is 1. The third-order valence-corrected chi connectivity index (χ3v) is 7.00.